The van der Waals surface area contributed by atoms with E-state index < -0.39 is 29.8 Å². The summed E-state index contributed by atoms with van der Waals surface area (Å²) in [6.45, 7) is 1.43. The molecule has 0 N–H and O–H groups in total. The zero-order valence-corrected chi connectivity index (χ0v) is 18.4. The third kappa shape index (κ3) is 5.05. The predicted molar refractivity (Wildman–Crippen MR) is 115 cm³/mol. The predicted octanol–water partition coefficient (Wildman–Crippen LogP) is 7.43. The lowest BCUT2D eigenvalue weighted by molar-refractivity contribution is -0.154. The van der Waals surface area contributed by atoms with Gasteiger partial charge in [-0.2, -0.15) is 13.2 Å². The molecule has 1 heterocycles. The number of benzene rings is 2. The molecule has 0 bridgehead atoms. The number of carbonyl (C=O) groups excluding carboxylic acids is 1. The molecule has 2 unspecified atom stereocenters. The van der Waals surface area contributed by atoms with Crippen LogP contribution in [0.4, 0.5) is 17.6 Å². The number of methoxy groups -OCH3 is 1. The molecule has 0 saturated carbocycles. The fourth-order valence-corrected chi connectivity index (χ4v) is 4.13. The van der Waals surface area contributed by atoms with E-state index in [2.05, 4.69) is 9.72 Å². The third-order valence-corrected chi connectivity index (χ3v) is 5.70. The van der Waals surface area contributed by atoms with Crippen LogP contribution in [0, 0.1) is 5.82 Å². The molecule has 2 aromatic carbocycles. The quantitative estimate of drug-likeness (QED) is 0.214. The van der Waals surface area contributed by atoms with E-state index >= 15 is 0 Å². The number of hydrogen-bond donors (Lipinski definition) is 0. The van der Waals surface area contributed by atoms with Crippen molar-refractivity contribution >= 4 is 29.2 Å². The Hall–Kier alpha value is -2.64. The number of nitrogens with zero attached hydrogens (tertiary/aromatic N) is 1. The van der Waals surface area contributed by atoms with Gasteiger partial charge in [-0.1, -0.05) is 48.3 Å². The van der Waals surface area contributed by atoms with E-state index in [4.69, 9.17) is 23.2 Å². The van der Waals surface area contributed by atoms with Crippen molar-refractivity contribution in [3.63, 3.8) is 0 Å². The first-order chi connectivity index (χ1) is 15.0. The molecule has 0 aliphatic rings. The van der Waals surface area contributed by atoms with E-state index in [9.17, 15) is 22.4 Å². The molecule has 3 aromatic rings. The summed E-state index contributed by atoms with van der Waals surface area (Å²) >= 11 is 12.2. The van der Waals surface area contributed by atoms with Gasteiger partial charge in [0.25, 0.3) is 0 Å². The number of pyridine rings is 1. The highest BCUT2D eigenvalue weighted by molar-refractivity contribution is 6.31. The molecule has 168 valence electrons. The number of aromatic nitrogens is 1. The molecule has 0 spiro atoms. The second kappa shape index (κ2) is 9.46. The van der Waals surface area contributed by atoms with Gasteiger partial charge in [-0.05, 0) is 58.5 Å². The van der Waals surface area contributed by atoms with Crippen LogP contribution >= 0.6 is 23.2 Å². The van der Waals surface area contributed by atoms with E-state index in [1.807, 2.05) is 0 Å². The maximum Gasteiger partial charge on any atom is 0.396 e. The van der Waals surface area contributed by atoms with E-state index in [1.165, 1.54) is 49.5 Å². The number of alkyl halides is 3. The molecule has 0 fully saturated rings. The summed E-state index contributed by atoms with van der Waals surface area (Å²) in [6, 6.07) is 10.9. The van der Waals surface area contributed by atoms with Crippen LogP contribution in [0.2, 0.25) is 10.2 Å². The van der Waals surface area contributed by atoms with Crippen LogP contribution in [-0.4, -0.2) is 24.2 Å². The standard InChI is InChI=1S/C23H17Cl2F4NO2/c1-12(21(23(27,28)29)15-7-8-30-20(25)11-15)16-5-3-13(9-18(16)24)14-4-6-17(19(26)10-14)22(31)32-2/h3-12,21H,1-2H3. The van der Waals surface area contributed by atoms with Crippen molar-refractivity contribution in [3.8, 4) is 11.1 Å². The second-order valence-electron chi connectivity index (χ2n) is 7.14. The zero-order valence-electron chi connectivity index (χ0n) is 16.9. The third-order valence-electron chi connectivity index (χ3n) is 5.16. The van der Waals surface area contributed by atoms with E-state index in [0.717, 1.165) is 13.2 Å². The summed E-state index contributed by atoms with van der Waals surface area (Å²) in [6.07, 6.45) is -3.33. The average molecular weight is 486 g/mol. The highest BCUT2D eigenvalue weighted by Crippen LogP contribution is 2.46. The van der Waals surface area contributed by atoms with Gasteiger partial charge >= 0.3 is 12.1 Å². The lowest BCUT2D eigenvalue weighted by Crippen LogP contribution is -2.26. The van der Waals surface area contributed by atoms with Crippen molar-refractivity contribution in [2.45, 2.75) is 24.9 Å². The van der Waals surface area contributed by atoms with Crippen LogP contribution in [0.3, 0.4) is 0 Å². The molecule has 0 amide bonds. The molecular formula is C23H17Cl2F4NO2. The van der Waals surface area contributed by atoms with Gasteiger partial charge in [-0.15, -0.1) is 0 Å². The molecule has 0 aliphatic heterocycles. The molecular weight excluding hydrogens is 469 g/mol. The Morgan fingerprint density at radius 1 is 1.03 bits per heavy atom. The van der Waals surface area contributed by atoms with Gasteiger partial charge < -0.3 is 4.74 Å². The number of ether oxygens (including phenoxy) is 1. The molecule has 0 saturated heterocycles. The number of esters is 1. The molecule has 0 aliphatic carbocycles. The SMILES string of the molecule is COC(=O)c1ccc(-c2ccc(C(C)C(c3ccnc(Cl)c3)C(F)(F)F)c(Cl)c2)cc1F. The normalized spacial score (nSPS) is 13.5. The van der Waals surface area contributed by atoms with Gasteiger partial charge in [0.2, 0.25) is 0 Å². The summed E-state index contributed by atoms with van der Waals surface area (Å²) < 4.78 is 60.6. The van der Waals surface area contributed by atoms with Crippen LogP contribution in [0.1, 0.15) is 40.2 Å². The maximum absolute atomic E-state index is 14.3. The van der Waals surface area contributed by atoms with Crippen molar-refractivity contribution in [1.29, 1.82) is 0 Å². The van der Waals surface area contributed by atoms with Crippen molar-refractivity contribution < 1.29 is 27.1 Å². The minimum absolute atomic E-state index is 0.0226. The van der Waals surface area contributed by atoms with Gasteiger partial charge in [-0.25, -0.2) is 14.2 Å². The lowest BCUT2D eigenvalue weighted by Gasteiger charge is -2.28. The minimum Gasteiger partial charge on any atom is -0.465 e. The number of hydrogen-bond acceptors (Lipinski definition) is 3. The van der Waals surface area contributed by atoms with E-state index in [-0.39, 0.29) is 26.9 Å². The number of halogens is 6. The van der Waals surface area contributed by atoms with Gasteiger partial charge in [0.15, 0.2) is 0 Å². The van der Waals surface area contributed by atoms with E-state index in [1.54, 1.807) is 6.07 Å². The fraction of sp³-hybridized carbons (Fsp3) is 0.217. The molecule has 32 heavy (non-hydrogen) atoms. The second-order valence-corrected chi connectivity index (χ2v) is 7.94. The first-order valence-electron chi connectivity index (χ1n) is 9.38. The molecule has 9 heteroatoms. The zero-order chi connectivity index (χ0) is 23.6. The Morgan fingerprint density at radius 3 is 2.25 bits per heavy atom. The number of rotatable bonds is 5. The molecule has 2 atom stereocenters. The Balaban J connectivity index is 1.98. The average Bonchev–Trinajstić information content (AvgIpc) is 2.72. The highest BCUT2D eigenvalue weighted by atomic mass is 35.5. The summed E-state index contributed by atoms with van der Waals surface area (Å²) in [5.74, 6) is -4.49. The van der Waals surface area contributed by atoms with Crippen LogP contribution in [0.5, 0.6) is 0 Å². The van der Waals surface area contributed by atoms with Crippen molar-refractivity contribution in [2.75, 3.05) is 7.11 Å². The minimum atomic E-state index is -4.56. The van der Waals surface area contributed by atoms with Gasteiger partial charge in [-0.3, -0.25) is 0 Å². The summed E-state index contributed by atoms with van der Waals surface area (Å²) in [5, 5.41) is 0.0599. The smallest absolute Gasteiger partial charge is 0.396 e. The van der Waals surface area contributed by atoms with E-state index in [0.29, 0.717) is 11.1 Å². The van der Waals surface area contributed by atoms with Crippen LogP contribution < -0.4 is 0 Å². The van der Waals surface area contributed by atoms with Gasteiger partial charge in [0.1, 0.15) is 11.0 Å². The Morgan fingerprint density at radius 2 is 1.69 bits per heavy atom. The molecule has 0 radical (unpaired) electrons. The first-order valence-corrected chi connectivity index (χ1v) is 10.1. The topological polar surface area (TPSA) is 39.2 Å². The van der Waals surface area contributed by atoms with Gasteiger partial charge in [0, 0.05) is 11.2 Å². The van der Waals surface area contributed by atoms with Crippen molar-refractivity contribution in [2.24, 2.45) is 0 Å². The summed E-state index contributed by atoms with van der Waals surface area (Å²) in [5.41, 5.74) is 0.917. The Labute approximate surface area is 191 Å². The van der Waals surface area contributed by atoms with Crippen LogP contribution in [0.15, 0.2) is 54.7 Å². The summed E-state index contributed by atoms with van der Waals surface area (Å²) in [4.78, 5) is 15.3. The number of carbonyl (C=O) groups is 1. The molecule has 3 nitrogen and oxygen atoms in total. The molecule has 1 aromatic heterocycles. The van der Waals surface area contributed by atoms with Crippen molar-refractivity contribution in [1.82, 2.24) is 4.98 Å². The summed E-state index contributed by atoms with van der Waals surface area (Å²) in [7, 11) is 1.14. The molecule has 3 rings (SSSR count). The van der Waals surface area contributed by atoms with Crippen molar-refractivity contribution in [3.05, 3.63) is 87.4 Å². The Kier molecular flexibility index (Phi) is 7.10. The lowest BCUT2D eigenvalue weighted by atomic mass is 9.82. The van der Waals surface area contributed by atoms with Crippen LogP contribution in [-0.2, 0) is 4.74 Å². The maximum atomic E-state index is 14.3. The van der Waals surface area contributed by atoms with Gasteiger partial charge in [0.05, 0.1) is 18.6 Å². The monoisotopic (exact) mass is 485 g/mol. The Bertz CT molecular complexity index is 1150. The fourth-order valence-electron chi connectivity index (χ4n) is 3.60. The highest BCUT2D eigenvalue weighted by Gasteiger charge is 2.45. The largest absolute Gasteiger partial charge is 0.465 e. The van der Waals surface area contributed by atoms with Crippen LogP contribution in [0.25, 0.3) is 11.1 Å². The first kappa shape index (κ1) is 24.0.